The lowest BCUT2D eigenvalue weighted by Crippen LogP contribution is -2.37. The van der Waals surface area contributed by atoms with Gasteiger partial charge in [0.2, 0.25) is 0 Å². The van der Waals surface area contributed by atoms with E-state index < -0.39 is 36.1 Å². The first kappa shape index (κ1) is 16.8. The number of nitrogens with zero attached hydrogens (tertiary/aromatic N) is 2. The number of nitro benzene ring substituents is 1. The van der Waals surface area contributed by atoms with Crippen LogP contribution in [0.5, 0.6) is 0 Å². The number of alkyl halides is 2. The van der Waals surface area contributed by atoms with Crippen LogP contribution >= 0.6 is 0 Å². The van der Waals surface area contributed by atoms with E-state index in [1.54, 1.807) is 0 Å². The van der Waals surface area contributed by atoms with E-state index in [0.717, 1.165) is 0 Å². The molecule has 0 spiro atoms. The molecule has 0 radical (unpaired) electrons. The van der Waals surface area contributed by atoms with E-state index in [4.69, 9.17) is 5.11 Å². The Hall–Kier alpha value is -2.29. The van der Waals surface area contributed by atoms with Gasteiger partial charge in [0.15, 0.2) is 0 Å². The van der Waals surface area contributed by atoms with Crippen LogP contribution in [0.15, 0.2) is 18.2 Å². The van der Waals surface area contributed by atoms with Crippen molar-refractivity contribution in [3.8, 4) is 0 Å². The van der Waals surface area contributed by atoms with Crippen LogP contribution in [-0.4, -0.2) is 54.0 Å². The molecule has 1 aromatic carbocycles. The fourth-order valence-electron chi connectivity index (χ4n) is 1.85. The van der Waals surface area contributed by atoms with Crippen LogP contribution in [0.1, 0.15) is 10.4 Å². The highest BCUT2D eigenvalue weighted by atomic mass is 19.3. The molecular formula is C12H15F2N3O4. The molecule has 1 amide bonds. The molecule has 0 saturated carbocycles. The molecule has 0 bridgehead atoms. The molecule has 0 aromatic heterocycles. The molecule has 0 saturated heterocycles. The SMILES string of the molecule is CNc1cccc(C(=O)N(CCO)CC(F)F)c1[N+](=O)[O-]. The standard InChI is InChI=1S/C12H15F2N3O4/c1-15-9-4-2-3-8(11(9)17(20)21)12(19)16(5-6-18)7-10(13)14/h2-4,10,15,18H,5-7H2,1H3. The zero-order valence-corrected chi connectivity index (χ0v) is 11.3. The Bertz CT molecular complexity index is 525. The van der Waals surface area contributed by atoms with E-state index in [2.05, 4.69) is 5.32 Å². The number of aliphatic hydroxyl groups excluding tert-OH is 1. The van der Waals surface area contributed by atoms with Crippen LogP contribution in [-0.2, 0) is 0 Å². The Morgan fingerprint density at radius 3 is 2.67 bits per heavy atom. The minimum absolute atomic E-state index is 0.104. The quantitative estimate of drug-likeness (QED) is 0.585. The lowest BCUT2D eigenvalue weighted by molar-refractivity contribution is -0.384. The number of anilines is 1. The number of amides is 1. The van der Waals surface area contributed by atoms with E-state index in [0.29, 0.717) is 4.90 Å². The monoisotopic (exact) mass is 303 g/mol. The summed E-state index contributed by atoms with van der Waals surface area (Å²) in [6, 6.07) is 4.00. The molecule has 0 fully saturated rings. The number of carbonyl (C=O) groups excluding carboxylic acids is 1. The maximum Gasteiger partial charge on any atom is 0.305 e. The second-order valence-electron chi connectivity index (χ2n) is 4.07. The summed E-state index contributed by atoms with van der Waals surface area (Å²) in [6.07, 6.45) is -2.80. The Labute approximate surface area is 119 Å². The normalized spacial score (nSPS) is 10.5. The Balaban J connectivity index is 3.23. The van der Waals surface area contributed by atoms with E-state index in [1.165, 1.54) is 25.2 Å². The first-order valence-corrected chi connectivity index (χ1v) is 6.05. The summed E-state index contributed by atoms with van der Waals surface area (Å²) >= 11 is 0. The molecule has 116 valence electrons. The third kappa shape index (κ3) is 4.09. The minimum atomic E-state index is -2.80. The number of aliphatic hydroxyl groups is 1. The summed E-state index contributed by atoms with van der Waals surface area (Å²) in [5.41, 5.74) is -0.685. The summed E-state index contributed by atoms with van der Waals surface area (Å²) in [5.74, 6) is -0.923. The minimum Gasteiger partial charge on any atom is -0.395 e. The summed E-state index contributed by atoms with van der Waals surface area (Å²) < 4.78 is 24.9. The van der Waals surface area contributed by atoms with Crippen LogP contribution < -0.4 is 5.32 Å². The number of nitrogens with one attached hydrogen (secondary N) is 1. The van der Waals surface area contributed by atoms with Crippen LogP contribution in [0.4, 0.5) is 20.2 Å². The summed E-state index contributed by atoms with van der Waals surface area (Å²) in [7, 11) is 1.45. The first-order valence-electron chi connectivity index (χ1n) is 6.05. The van der Waals surface area contributed by atoms with Gasteiger partial charge in [-0.1, -0.05) is 6.07 Å². The van der Waals surface area contributed by atoms with Gasteiger partial charge < -0.3 is 15.3 Å². The van der Waals surface area contributed by atoms with Gasteiger partial charge in [0.05, 0.1) is 18.1 Å². The van der Waals surface area contributed by atoms with Crippen molar-refractivity contribution in [2.24, 2.45) is 0 Å². The molecule has 21 heavy (non-hydrogen) atoms. The fraction of sp³-hybridized carbons (Fsp3) is 0.417. The topological polar surface area (TPSA) is 95.7 Å². The predicted octanol–water partition coefficient (Wildman–Crippen LogP) is 1.34. The van der Waals surface area contributed by atoms with Crippen molar-refractivity contribution < 1.29 is 23.6 Å². The van der Waals surface area contributed by atoms with Gasteiger partial charge in [-0.05, 0) is 12.1 Å². The van der Waals surface area contributed by atoms with Gasteiger partial charge in [0.25, 0.3) is 12.3 Å². The highest BCUT2D eigenvalue weighted by Crippen LogP contribution is 2.29. The smallest absolute Gasteiger partial charge is 0.305 e. The molecular weight excluding hydrogens is 288 g/mol. The second kappa shape index (κ2) is 7.48. The van der Waals surface area contributed by atoms with Crippen LogP contribution in [0.2, 0.25) is 0 Å². The van der Waals surface area contributed by atoms with Gasteiger partial charge in [-0.15, -0.1) is 0 Å². The largest absolute Gasteiger partial charge is 0.395 e. The van der Waals surface area contributed by atoms with E-state index >= 15 is 0 Å². The number of hydrogen-bond acceptors (Lipinski definition) is 5. The van der Waals surface area contributed by atoms with Crippen molar-refractivity contribution >= 4 is 17.3 Å². The molecule has 0 atom stereocenters. The zero-order valence-electron chi connectivity index (χ0n) is 11.3. The Kier molecular flexibility index (Phi) is 5.97. The molecule has 0 aliphatic rings. The number of benzene rings is 1. The van der Waals surface area contributed by atoms with Gasteiger partial charge in [-0.2, -0.15) is 0 Å². The number of carbonyl (C=O) groups is 1. The van der Waals surface area contributed by atoms with Crippen molar-refractivity contribution in [1.82, 2.24) is 4.90 Å². The van der Waals surface area contributed by atoms with Crippen molar-refractivity contribution in [3.63, 3.8) is 0 Å². The summed E-state index contributed by atoms with van der Waals surface area (Å²) in [5, 5.41) is 22.5. The maximum atomic E-state index is 12.5. The number of hydrogen-bond donors (Lipinski definition) is 2. The van der Waals surface area contributed by atoms with Gasteiger partial charge >= 0.3 is 5.69 Å². The van der Waals surface area contributed by atoms with Crippen molar-refractivity contribution in [2.45, 2.75) is 6.43 Å². The number of nitro groups is 1. The molecule has 9 heteroatoms. The number of para-hydroxylation sites is 1. The Morgan fingerprint density at radius 1 is 1.52 bits per heavy atom. The fourth-order valence-corrected chi connectivity index (χ4v) is 1.85. The summed E-state index contributed by atoms with van der Waals surface area (Å²) in [6.45, 7) is -1.75. The maximum absolute atomic E-state index is 12.5. The predicted molar refractivity (Wildman–Crippen MR) is 71.6 cm³/mol. The highest BCUT2D eigenvalue weighted by Gasteiger charge is 2.28. The Morgan fingerprint density at radius 2 is 2.19 bits per heavy atom. The van der Waals surface area contributed by atoms with Gasteiger partial charge in [-0.25, -0.2) is 8.78 Å². The van der Waals surface area contributed by atoms with Crippen LogP contribution in [0, 0.1) is 10.1 Å². The van der Waals surface area contributed by atoms with Crippen molar-refractivity contribution in [1.29, 1.82) is 0 Å². The van der Waals surface area contributed by atoms with Gasteiger partial charge in [0.1, 0.15) is 11.3 Å². The van der Waals surface area contributed by atoms with Crippen molar-refractivity contribution in [3.05, 3.63) is 33.9 Å². The first-order chi connectivity index (χ1) is 9.92. The van der Waals surface area contributed by atoms with E-state index in [-0.39, 0.29) is 17.8 Å². The van der Waals surface area contributed by atoms with Gasteiger partial charge in [-0.3, -0.25) is 14.9 Å². The highest BCUT2D eigenvalue weighted by molar-refractivity contribution is 6.00. The summed E-state index contributed by atoms with van der Waals surface area (Å²) in [4.78, 5) is 23.3. The zero-order chi connectivity index (χ0) is 16.0. The lowest BCUT2D eigenvalue weighted by Gasteiger charge is -2.21. The lowest BCUT2D eigenvalue weighted by atomic mass is 10.1. The van der Waals surface area contributed by atoms with Gasteiger partial charge in [0, 0.05) is 13.6 Å². The van der Waals surface area contributed by atoms with Crippen LogP contribution in [0.3, 0.4) is 0 Å². The molecule has 7 nitrogen and oxygen atoms in total. The molecule has 0 unspecified atom stereocenters. The molecule has 0 aliphatic heterocycles. The molecule has 1 rings (SSSR count). The van der Waals surface area contributed by atoms with E-state index in [1.807, 2.05) is 0 Å². The molecule has 0 aliphatic carbocycles. The third-order valence-electron chi connectivity index (χ3n) is 2.73. The van der Waals surface area contributed by atoms with Crippen molar-refractivity contribution in [2.75, 3.05) is 32.1 Å². The number of rotatable bonds is 7. The van der Waals surface area contributed by atoms with Crippen LogP contribution in [0.25, 0.3) is 0 Å². The number of halogens is 2. The average molecular weight is 303 g/mol. The van der Waals surface area contributed by atoms with E-state index in [9.17, 15) is 23.7 Å². The average Bonchev–Trinajstić information content (AvgIpc) is 2.44. The third-order valence-corrected chi connectivity index (χ3v) is 2.73. The molecule has 2 N–H and O–H groups in total. The second-order valence-corrected chi connectivity index (χ2v) is 4.07. The molecule has 1 aromatic rings. The molecule has 0 heterocycles.